The predicted octanol–water partition coefficient (Wildman–Crippen LogP) is 2.17. The number of nitrogens with zero attached hydrogens (tertiary/aromatic N) is 1. The molecule has 1 heterocycles. The topological polar surface area (TPSA) is 29.3 Å². The Bertz CT molecular complexity index is 349. The second-order valence-corrected chi connectivity index (χ2v) is 5.19. The van der Waals surface area contributed by atoms with E-state index >= 15 is 0 Å². The van der Waals surface area contributed by atoms with Gasteiger partial charge >= 0.3 is 0 Å². The second-order valence-electron chi connectivity index (χ2n) is 5.19. The van der Waals surface area contributed by atoms with Gasteiger partial charge in [0.05, 0.1) is 0 Å². The number of fused-ring (bicyclic) bond motifs is 1. The number of benzene rings is 1. The first-order valence-corrected chi connectivity index (χ1v) is 6.39. The molecule has 1 saturated heterocycles. The second kappa shape index (κ2) is 4.19. The lowest BCUT2D eigenvalue weighted by molar-refractivity contribution is 0.287. The highest BCUT2D eigenvalue weighted by Gasteiger charge is 2.46. The highest BCUT2D eigenvalue weighted by Crippen LogP contribution is 2.44. The van der Waals surface area contributed by atoms with Crippen LogP contribution in [0.4, 0.5) is 0 Å². The summed E-state index contributed by atoms with van der Waals surface area (Å²) in [7, 11) is 0. The molecule has 0 radical (unpaired) electrons. The smallest absolute Gasteiger partial charge is 0.0307 e. The first kappa shape index (κ1) is 10.3. The first-order valence-electron chi connectivity index (χ1n) is 6.39. The molecular weight excluding hydrogens is 196 g/mol. The number of hydrogen-bond donors (Lipinski definition) is 1. The maximum Gasteiger partial charge on any atom is 0.0307 e. The normalized spacial score (nSPS) is 30.1. The highest BCUT2D eigenvalue weighted by molar-refractivity contribution is 5.18. The standard InChI is InChI=1S/C14H20N2/c15-13(11-4-2-1-3-5-11)7-9-16-8-6-12-10-14(12)16/h1-5,12-14H,6-10,15H2. The molecule has 0 spiro atoms. The van der Waals surface area contributed by atoms with Crippen LogP contribution < -0.4 is 5.73 Å². The van der Waals surface area contributed by atoms with E-state index in [0.717, 1.165) is 18.4 Å². The zero-order chi connectivity index (χ0) is 11.0. The molecule has 0 amide bonds. The van der Waals surface area contributed by atoms with Gasteiger partial charge in [0.15, 0.2) is 0 Å². The Labute approximate surface area is 97.4 Å². The van der Waals surface area contributed by atoms with E-state index in [2.05, 4.69) is 29.2 Å². The summed E-state index contributed by atoms with van der Waals surface area (Å²) in [6.45, 7) is 2.48. The summed E-state index contributed by atoms with van der Waals surface area (Å²) in [5.41, 5.74) is 7.48. The van der Waals surface area contributed by atoms with Crippen LogP contribution in [0.15, 0.2) is 30.3 Å². The van der Waals surface area contributed by atoms with Gasteiger partial charge in [-0.05, 0) is 37.3 Å². The molecular formula is C14H20N2. The van der Waals surface area contributed by atoms with Crippen LogP contribution in [-0.2, 0) is 0 Å². The molecule has 16 heavy (non-hydrogen) atoms. The van der Waals surface area contributed by atoms with Crippen molar-refractivity contribution >= 4 is 0 Å². The van der Waals surface area contributed by atoms with Crippen LogP contribution in [0.2, 0.25) is 0 Å². The fourth-order valence-corrected chi connectivity index (χ4v) is 2.94. The van der Waals surface area contributed by atoms with Crippen molar-refractivity contribution in [3.05, 3.63) is 35.9 Å². The van der Waals surface area contributed by atoms with Crippen molar-refractivity contribution in [2.24, 2.45) is 11.7 Å². The van der Waals surface area contributed by atoms with E-state index in [1.807, 2.05) is 6.07 Å². The minimum Gasteiger partial charge on any atom is -0.324 e. The zero-order valence-corrected chi connectivity index (χ0v) is 9.68. The van der Waals surface area contributed by atoms with E-state index in [1.54, 1.807) is 0 Å². The van der Waals surface area contributed by atoms with E-state index in [1.165, 1.54) is 31.5 Å². The van der Waals surface area contributed by atoms with E-state index in [4.69, 9.17) is 5.73 Å². The summed E-state index contributed by atoms with van der Waals surface area (Å²) < 4.78 is 0. The average Bonchev–Trinajstić information content (AvgIpc) is 3.01. The van der Waals surface area contributed by atoms with Crippen molar-refractivity contribution in [1.29, 1.82) is 0 Å². The summed E-state index contributed by atoms with van der Waals surface area (Å²) in [5, 5.41) is 0. The Balaban J connectivity index is 1.51. The molecule has 1 saturated carbocycles. The molecule has 0 aromatic heterocycles. The van der Waals surface area contributed by atoms with Gasteiger partial charge in [-0.25, -0.2) is 0 Å². The molecule has 2 nitrogen and oxygen atoms in total. The fraction of sp³-hybridized carbons (Fsp3) is 0.571. The van der Waals surface area contributed by atoms with Crippen LogP contribution in [0.3, 0.4) is 0 Å². The summed E-state index contributed by atoms with van der Waals surface area (Å²) >= 11 is 0. The number of hydrogen-bond acceptors (Lipinski definition) is 2. The van der Waals surface area contributed by atoms with Crippen molar-refractivity contribution in [3.63, 3.8) is 0 Å². The maximum atomic E-state index is 6.21. The molecule has 1 aliphatic heterocycles. The fourth-order valence-electron chi connectivity index (χ4n) is 2.94. The third-order valence-electron chi connectivity index (χ3n) is 4.10. The Kier molecular flexibility index (Phi) is 2.70. The number of piperidine rings is 1. The van der Waals surface area contributed by atoms with E-state index in [-0.39, 0.29) is 6.04 Å². The lowest BCUT2D eigenvalue weighted by Gasteiger charge is -2.20. The minimum absolute atomic E-state index is 0.207. The lowest BCUT2D eigenvalue weighted by atomic mass is 10.0. The van der Waals surface area contributed by atoms with Crippen molar-refractivity contribution in [3.8, 4) is 0 Å². The monoisotopic (exact) mass is 216 g/mol. The van der Waals surface area contributed by atoms with Gasteiger partial charge in [-0.3, -0.25) is 0 Å². The summed E-state index contributed by atoms with van der Waals surface area (Å²) in [6.07, 6.45) is 3.96. The molecule has 1 aromatic rings. The van der Waals surface area contributed by atoms with Crippen LogP contribution in [-0.4, -0.2) is 24.0 Å². The Hall–Kier alpha value is -0.860. The van der Waals surface area contributed by atoms with E-state index in [9.17, 15) is 0 Å². The molecule has 2 heteroatoms. The predicted molar refractivity (Wildman–Crippen MR) is 66.1 cm³/mol. The molecule has 3 rings (SSSR count). The molecule has 2 N–H and O–H groups in total. The zero-order valence-electron chi connectivity index (χ0n) is 9.68. The Morgan fingerprint density at radius 1 is 1.31 bits per heavy atom. The van der Waals surface area contributed by atoms with Crippen LogP contribution in [0.1, 0.15) is 30.9 Å². The molecule has 3 atom stereocenters. The van der Waals surface area contributed by atoms with Crippen LogP contribution in [0, 0.1) is 5.92 Å². The van der Waals surface area contributed by atoms with Crippen LogP contribution in [0.25, 0.3) is 0 Å². The van der Waals surface area contributed by atoms with Crippen LogP contribution >= 0.6 is 0 Å². The number of nitrogens with two attached hydrogens (primary N) is 1. The Morgan fingerprint density at radius 3 is 2.75 bits per heavy atom. The van der Waals surface area contributed by atoms with Gasteiger partial charge < -0.3 is 10.6 Å². The highest BCUT2D eigenvalue weighted by atomic mass is 15.2. The van der Waals surface area contributed by atoms with Gasteiger partial charge in [-0.15, -0.1) is 0 Å². The van der Waals surface area contributed by atoms with Gasteiger partial charge in [-0.2, -0.15) is 0 Å². The van der Waals surface area contributed by atoms with Crippen molar-refractivity contribution in [1.82, 2.24) is 4.90 Å². The average molecular weight is 216 g/mol. The van der Waals surface area contributed by atoms with Gasteiger partial charge in [-0.1, -0.05) is 30.3 Å². The largest absolute Gasteiger partial charge is 0.324 e. The van der Waals surface area contributed by atoms with Crippen molar-refractivity contribution in [2.75, 3.05) is 13.1 Å². The van der Waals surface area contributed by atoms with Gasteiger partial charge in [0.1, 0.15) is 0 Å². The molecule has 2 fully saturated rings. The van der Waals surface area contributed by atoms with E-state index < -0.39 is 0 Å². The van der Waals surface area contributed by atoms with Gasteiger partial charge in [0.2, 0.25) is 0 Å². The number of likely N-dealkylation sites (tertiary alicyclic amines) is 1. The van der Waals surface area contributed by atoms with E-state index in [0.29, 0.717) is 0 Å². The first-order chi connectivity index (χ1) is 7.84. The molecule has 3 unspecified atom stereocenters. The maximum absolute atomic E-state index is 6.21. The molecule has 1 aromatic carbocycles. The molecule has 86 valence electrons. The Morgan fingerprint density at radius 2 is 2.12 bits per heavy atom. The van der Waals surface area contributed by atoms with Crippen LogP contribution in [0.5, 0.6) is 0 Å². The van der Waals surface area contributed by atoms with Crippen molar-refractivity contribution < 1.29 is 0 Å². The summed E-state index contributed by atoms with van der Waals surface area (Å²) in [5.74, 6) is 1.04. The number of rotatable bonds is 4. The van der Waals surface area contributed by atoms with Gasteiger partial charge in [0, 0.05) is 18.6 Å². The third-order valence-corrected chi connectivity index (χ3v) is 4.10. The minimum atomic E-state index is 0.207. The van der Waals surface area contributed by atoms with Crippen molar-refractivity contribution in [2.45, 2.75) is 31.3 Å². The molecule has 1 aliphatic carbocycles. The summed E-state index contributed by atoms with van der Waals surface area (Å²) in [6, 6.07) is 11.6. The third kappa shape index (κ3) is 2.00. The SMILES string of the molecule is NC(CCN1CCC2CC21)c1ccccc1. The summed E-state index contributed by atoms with van der Waals surface area (Å²) in [4.78, 5) is 2.63. The lowest BCUT2D eigenvalue weighted by Crippen LogP contribution is -2.27. The molecule has 2 aliphatic rings. The molecule has 0 bridgehead atoms. The quantitative estimate of drug-likeness (QED) is 0.835. The van der Waals surface area contributed by atoms with Gasteiger partial charge in [0.25, 0.3) is 0 Å².